The van der Waals surface area contributed by atoms with Crippen molar-refractivity contribution in [1.82, 2.24) is 0 Å². The topological polar surface area (TPSA) is 163 Å². The van der Waals surface area contributed by atoms with Crippen molar-refractivity contribution in [3.05, 3.63) is 12.2 Å². The molecule has 0 rings (SSSR count). The Morgan fingerprint density at radius 3 is 0.816 bits per heavy atom. The highest BCUT2D eigenvalue weighted by Crippen LogP contribution is 1.92. The third-order valence-corrected chi connectivity index (χ3v) is 5.66. The molecule has 0 unspecified atom stereocenters. The smallest absolute Gasteiger partial charge is 0.333 e. The number of carbonyl (C=O) groups excluding carboxylic acids is 2. The summed E-state index contributed by atoms with van der Waals surface area (Å²) in [5, 5.41) is 0. The van der Waals surface area contributed by atoms with Gasteiger partial charge >= 0.3 is 11.9 Å². The Bertz CT molecular complexity index is 727. The summed E-state index contributed by atoms with van der Waals surface area (Å²) in [5.41, 5.74) is 0.366. The van der Waals surface area contributed by atoms with Gasteiger partial charge in [-0.05, 0) is 13.8 Å². The first-order valence-corrected chi connectivity index (χ1v) is 17.0. The Kier molecular flexibility index (Phi) is 39.1. The minimum absolute atomic E-state index is 0.194. The lowest BCUT2D eigenvalue weighted by Gasteiger charge is -2.09. The molecule has 0 aromatic carbocycles. The van der Waals surface area contributed by atoms with Crippen molar-refractivity contribution in [3.63, 3.8) is 0 Å². The molecule has 0 heterocycles. The first-order chi connectivity index (χ1) is 24.1. The number of hydrogen-bond acceptors (Lipinski definition) is 16. The fourth-order valence-electron chi connectivity index (χ4n) is 3.23. The van der Waals surface area contributed by atoms with Crippen molar-refractivity contribution in [2.24, 2.45) is 0 Å². The first kappa shape index (κ1) is 47.2. The zero-order chi connectivity index (χ0) is 35.7. The molecule has 0 aromatic rings. The van der Waals surface area contributed by atoms with Crippen LogP contribution in [0.25, 0.3) is 0 Å². The Hall–Kier alpha value is -1.80. The predicted molar refractivity (Wildman–Crippen MR) is 177 cm³/mol. The molecule has 0 aliphatic rings. The molecule has 0 saturated carbocycles. The molecular weight excluding hydrogens is 652 g/mol. The molecule has 0 aliphatic heterocycles. The van der Waals surface area contributed by atoms with E-state index in [1.54, 1.807) is 13.8 Å². The average Bonchev–Trinajstić information content (AvgIpc) is 3.09. The summed E-state index contributed by atoms with van der Waals surface area (Å²) in [6, 6.07) is 0. The molecule has 0 spiro atoms. The van der Waals surface area contributed by atoms with Crippen molar-refractivity contribution in [3.8, 4) is 0 Å². The highest BCUT2D eigenvalue weighted by molar-refractivity contribution is 5.86. The van der Waals surface area contributed by atoms with Crippen LogP contribution in [0.5, 0.6) is 0 Å². The molecule has 0 saturated heterocycles. The summed E-state index contributed by atoms with van der Waals surface area (Å²) in [6.07, 6.45) is 0.251. The number of rotatable bonds is 41. The van der Waals surface area contributed by atoms with E-state index in [2.05, 4.69) is 6.58 Å². The van der Waals surface area contributed by atoms with E-state index in [1.165, 1.54) is 0 Å². The molecule has 49 heavy (non-hydrogen) atoms. The van der Waals surface area contributed by atoms with Gasteiger partial charge in [0, 0.05) is 5.57 Å². The second kappa shape index (κ2) is 40.6. The quantitative estimate of drug-likeness (QED) is 0.0505. The maximum Gasteiger partial charge on any atom is 0.333 e. The molecule has 0 aromatic heterocycles. The number of hydrogen-bond donors (Lipinski definition) is 0. The van der Waals surface area contributed by atoms with Gasteiger partial charge in [-0.3, -0.25) is 4.79 Å². The van der Waals surface area contributed by atoms with Gasteiger partial charge in [0.15, 0.2) is 0 Å². The first-order valence-electron chi connectivity index (χ1n) is 17.0. The van der Waals surface area contributed by atoms with E-state index < -0.39 is 5.97 Å². The van der Waals surface area contributed by atoms with Gasteiger partial charge in [0.1, 0.15) is 6.61 Å². The van der Waals surface area contributed by atoms with Gasteiger partial charge in [-0.15, -0.1) is 0 Å². The molecule has 290 valence electrons. The Morgan fingerprint density at radius 2 is 0.592 bits per heavy atom. The third-order valence-electron chi connectivity index (χ3n) is 5.66. The van der Waals surface area contributed by atoms with Crippen molar-refractivity contribution >= 4 is 11.9 Å². The number of ether oxygens (including phenoxy) is 14. The Labute approximate surface area is 292 Å². The minimum Gasteiger partial charge on any atom is -0.466 e. The summed E-state index contributed by atoms with van der Waals surface area (Å²) >= 11 is 0. The van der Waals surface area contributed by atoms with Crippen LogP contribution in [-0.4, -0.2) is 184 Å². The van der Waals surface area contributed by atoms with E-state index in [0.29, 0.717) is 171 Å². The van der Waals surface area contributed by atoms with Crippen molar-refractivity contribution < 1.29 is 75.9 Å². The Morgan fingerprint density at radius 1 is 0.367 bits per heavy atom. The maximum atomic E-state index is 11.2. The normalized spacial score (nSPS) is 11.2. The second-order valence-corrected chi connectivity index (χ2v) is 9.82. The molecule has 0 aliphatic carbocycles. The fraction of sp³-hybridized carbons (Fsp3) is 0.879. The van der Waals surface area contributed by atoms with Gasteiger partial charge < -0.3 is 66.3 Å². The van der Waals surface area contributed by atoms with Crippen LogP contribution >= 0.6 is 0 Å². The van der Waals surface area contributed by atoms with Crippen LogP contribution in [0.3, 0.4) is 0 Å². The number of carbonyl (C=O) groups is 2. The summed E-state index contributed by atoms with van der Waals surface area (Å²) in [6.45, 7) is 18.5. The van der Waals surface area contributed by atoms with Gasteiger partial charge in [0.2, 0.25) is 0 Å². The van der Waals surface area contributed by atoms with Crippen LogP contribution in [0, 0.1) is 0 Å². The maximum absolute atomic E-state index is 11.2. The van der Waals surface area contributed by atoms with Crippen LogP contribution in [-0.2, 0) is 75.9 Å². The predicted octanol–water partition coefficient (Wildman–Crippen LogP) is 1.26. The summed E-state index contributed by atoms with van der Waals surface area (Å²) in [5.74, 6) is -0.672. The van der Waals surface area contributed by atoms with E-state index in [1.807, 2.05) is 0 Å². The summed E-state index contributed by atoms with van der Waals surface area (Å²) in [7, 11) is 0. The average molecular weight is 715 g/mol. The zero-order valence-corrected chi connectivity index (χ0v) is 29.8. The van der Waals surface area contributed by atoms with Crippen molar-refractivity contribution in [2.75, 3.05) is 172 Å². The van der Waals surface area contributed by atoms with Gasteiger partial charge in [-0.25, -0.2) is 4.79 Å². The lowest BCUT2D eigenvalue weighted by atomic mass is 10.4. The molecule has 0 bridgehead atoms. The highest BCUT2D eigenvalue weighted by atomic mass is 16.6. The molecule has 0 amide bonds. The van der Waals surface area contributed by atoms with Crippen LogP contribution in [0.4, 0.5) is 0 Å². The van der Waals surface area contributed by atoms with E-state index in [4.69, 9.17) is 66.3 Å². The highest BCUT2D eigenvalue weighted by Gasteiger charge is 2.02. The lowest BCUT2D eigenvalue weighted by Crippen LogP contribution is -2.16. The van der Waals surface area contributed by atoms with Crippen molar-refractivity contribution in [2.45, 2.75) is 20.3 Å². The zero-order valence-electron chi connectivity index (χ0n) is 29.8. The van der Waals surface area contributed by atoms with Crippen LogP contribution in [0.15, 0.2) is 12.2 Å². The van der Waals surface area contributed by atoms with E-state index in [9.17, 15) is 9.59 Å². The fourth-order valence-corrected chi connectivity index (χ4v) is 3.23. The second-order valence-electron chi connectivity index (χ2n) is 9.82. The number of esters is 2. The molecule has 0 radical (unpaired) electrons. The van der Waals surface area contributed by atoms with E-state index in [0.717, 1.165) is 0 Å². The SMILES string of the molecule is C=C(C)C(=O)OCCOCCOCCOCCOCCOCCOCCOCCOCCOCCOCCOCCOCCC(=O)OCC. The molecule has 16 nitrogen and oxygen atoms in total. The summed E-state index contributed by atoms with van der Waals surface area (Å²) in [4.78, 5) is 22.3. The summed E-state index contributed by atoms with van der Waals surface area (Å²) < 4.78 is 74.7. The van der Waals surface area contributed by atoms with Gasteiger partial charge in [-0.2, -0.15) is 0 Å². The molecular formula is C33H62O16. The van der Waals surface area contributed by atoms with Gasteiger partial charge in [0.05, 0.1) is 172 Å². The molecule has 0 atom stereocenters. The standard InChI is InChI=1S/C33H62O16/c1-4-48-32(34)5-6-36-7-8-37-9-10-38-11-12-39-13-14-40-15-16-41-17-18-42-19-20-43-21-22-44-23-24-45-25-26-46-27-28-47-29-30-49-33(35)31(2)3/h2,4-30H2,1,3H3. The minimum atomic E-state index is -0.417. The largest absolute Gasteiger partial charge is 0.466 e. The molecule has 16 heteroatoms. The Balaban J connectivity index is 3.09. The lowest BCUT2D eigenvalue weighted by molar-refractivity contribution is -0.144. The van der Waals surface area contributed by atoms with Crippen LogP contribution in [0.2, 0.25) is 0 Å². The molecule has 0 N–H and O–H groups in total. The van der Waals surface area contributed by atoms with Gasteiger partial charge in [-0.1, -0.05) is 6.58 Å². The van der Waals surface area contributed by atoms with Crippen molar-refractivity contribution in [1.29, 1.82) is 0 Å². The van der Waals surface area contributed by atoms with E-state index >= 15 is 0 Å². The van der Waals surface area contributed by atoms with Crippen LogP contribution < -0.4 is 0 Å². The third kappa shape index (κ3) is 40.5. The van der Waals surface area contributed by atoms with Gasteiger partial charge in [0.25, 0.3) is 0 Å². The van der Waals surface area contributed by atoms with E-state index in [-0.39, 0.29) is 19.0 Å². The monoisotopic (exact) mass is 714 g/mol. The molecule has 0 fully saturated rings. The van der Waals surface area contributed by atoms with Crippen LogP contribution in [0.1, 0.15) is 20.3 Å².